The van der Waals surface area contributed by atoms with Gasteiger partial charge in [-0.15, -0.1) is 0 Å². The van der Waals surface area contributed by atoms with Crippen molar-refractivity contribution in [2.45, 2.75) is 6.42 Å². The molecule has 2 heterocycles. The number of amides is 2. The first kappa shape index (κ1) is 11.5. The fourth-order valence-electron chi connectivity index (χ4n) is 2.15. The van der Waals surface area contributed by atoms with Crippen LogP contribution in [0.4, 0.5) is 5.69 Å². The summed E-state index contributed by atoms with van der Waals surface area (Å²) in [6.45, 7) is 0.369. The first-order chi connectivity index (χ1) is 9.11. The zero-order valence-corrected chi connectivity index (χ0v) is 9.95. The minimum Gasteiger partial charge on any atom is -0.355 e. The summed E-state index contributed by atoms with van der Waals surface area (Å²) >= 11 is 0. The van der Waals surface area contributed by atoms with Crippen LogP contribution in [0.2, 0.25) is 0 Å². The highest BCUT2D eigenvalue weighted by atomic mass is 16.2. The van der Waals surface area contributed by atoms with E-state index in [4.69, 9.17) is 0 Å². The van der Waals surface area contributed by atoms with Crippen molar-refractivity contribution in [3.05, 3.63) is 28.7 Å². The van der Waals surface area contributed by atoms with Crippen LogP contribution in [0.25, 0.3) is 11.0 Å². The molecule has 1 saturated heterocycles. The first-order valence-corrected chi connectivity index (χ1v) is 5.91. The Morgan fingerprint density at radius 3 is 2.74 bits per heavy atom. The Labute approximate surface area is 107 Å². The summed E-state index contributed by atoms with van der Waals surface area (Å²) in [6, 6.07) is 5.09. The molecule has 7 nitrogen and oxygen atoms in total. The van der Waals surface area contributed by atoms with E-state index in [1.807, 2.05) is 0 Å². The molecule has 2 aromatic rings. The number of carbonyl (C=O) groups is 2. The van der Waals surface area contributed by atoms with Crippen LogP contribution >= 0.6 is 0 Å². The molecule has 1 aromatic heterocycles. The van der Waals surface area contributed by atoms with Crippen molar-refractivity contribution in [3.8, 4) is 0 Å². The van der Waals surface area contributed by atoms with Crippen LogP contribution < -0.4 is 16.3 Å². The van der Waals surface area contributed by atoms with E-state index in [9.17, 15) is 14.4 Å². The molecule has 4 N–H and O–H groups in total. The van der Waals surface area contributed by atoms with Gasteiger partial charge in [-0.25, -0.2) is 4.79 Å². The van der Waals surface area contributed by atoms with Crippen LogP contribution in [0.15, 0.2) is 23.0 Å². The predicted molar refractivity (Wildman–Crippen MR) is 68.7 cm³/mol. The number of aromatic nitrogens is 2. The fraction of sp³-hybridized carbons (Fsp3) is 0.250. The number of H-pyrrole nitrogens is 2. The minimum atomic E-state index is -0.339. The maximum atomic E-state index is 11.9. The standard InChI is InChI=1S/C12H12N4O3/c17-10-3-6(5-13-10)11(18)14-7-1-2-8-9(4-7)16-12(19)15-8/h1-2,4,6H,3,5H2,(H,13,17)(H,14,18)(H2,15,16,19). The Bertz CT molecular complexity index is 715. The van der Waals surface area contributed by atoms with Gasteiger partial charge < -0.3 is 20.6 Å². The van der Waals surface area contributed by atoms with Crippen molar-refractivity contribution >= 4 is 28.5 Å². The Morgan fingerprint density at radius 1 is 1.21 bits per heavy atom. The van der Waals surface area contributed by atoms with Crippen molar-refractivity contribution in [2.24, 2.45) is 5.92 Å². The topological polar surface area (TPSA) is 107 Å². The van der Waals surface area contributed by atoms with Crippen LogP contribution in [0.3, 0.4) is 0 Å². The normalized spacial score (nSPS) is 18.5. The summed E-state index contributed by atoms with van der Waals surface area (Å²) < 4.78 is 0. The molecule has 98 valence electrons. The Kier molecular flexibility index (Phi) is 2.59. The SMILES string of the molecule is O=C1CC(C(=O)Nc2ccc3[nH]c(=O)[nH]c3c2)CN1. The lowest BCUT2D eigenvalue weighted by atomic mass is 10.1. The third-order valence-electron chi connectivity index (χ3n) is 3.13. The summed E-state index contributed by atoms with van der Waals surface area (Å²) in [5.74, 6) is -0.644. The van der Waals surface area contributed by atoms with E-state index in [0.717, 1.165) is 0 Å². The highest BCUT2D eigenvalue weighted by molar-refractivity contribution is 5.98. The molecule has 0 spiro atoms. The van der Waals surface area contributed by atoms with E-state index in [1.54, 1.807) is 18.2 Å². The lowest BCUT2D eigenvalue weighted by Crippen LogP contribution is -2.24. The lowest BCUT2D eigenvalue weighted by Gasteiger charge is -2.08. The van der Waals surface area contributed by atoms with Gasteiger partial charge in [-0.1, -0.05) is 0 Å². The van der Waals surface area contributed by atoms with E-state index < -0.39 is 0 Å². The second-order valence-electron chi connectivity index (χ2n) is 4.53. The zero-order chi connectivity index (χ0) is 13.4. The monoisotopic (exact) mass is 260 g/mol. The van der Waals surface area contributed by atoms with Crippen molar-refractivity contribution in [1.82, 2.24) is 15.3 Å². The van der Waals surface area contributed by atoms with Gasteiger partial charge in [0.15, 0.2) is 0 Å². The number of imidazole rings is 1. The molecule has 1 fully saturated rings. The van der Waals surface area contributed by atoms with Crippen molar-refractivity contribution in [2.75, 3.05) is 11.9 Å². The predicted octanol–water partition coefficient (Wildman–Crippen LogP) is -0.0692. The number of nitrogens with one attached hydrogen (secondary N) is 4. The largest absolute Gasteiger partial charge is 0.355 e. The molecule has 1 aromatic carbocycles. The highest BCUT2D eigenvalue weighted by Gasteiger charge is 2.27. The van der Waals surface area contributed by atoms with E-state index in [0.29, 0.717) is 23.3 Å². The minimum absolute atomic E-state index is 0.106. The summed E-state index contributed by atoms with van der Waals surface area (Å²) in [6.07, 6.45) is 0.217. The first-order valence-electron chi connectivity index (χ1n) is 5.91. The molecular weight excluding hydrogens is 248 g/mol. The van der Waals surface area contributed by atoms with Gasteiger partial charge in [0, 0.05) is 18.7 Å². The molecule has 1 aliphatic heterocycles. The molecule has 0 radical (unpaired) electrons. The molecule has 1 atom stereocenters. The second-order valence-corrected chi connectivity index (χ2v) is 4.53. The van der Waals surface area contributed by atoms with E-state index in [1.165, 1.54) is 0 Å². The van der Waals surface area contributed by atoms with Crippen molar-refractivity contribution < 1.29 is 9.59 Å². The lowest BCUT2D eigenvalue weighted by molar-refractivity contribution is -0.123. The number of hydrogen-bond acceptors (Lipinski definition) is 3. The van der Waals surface area contributed by atoms with Crippen LogP contribution in [-0.2, 0) is 9.59 Å². The average molecular weight is 260 g/mol. The third-order valence-corrected chi connectivity index (χ3v) is 3.13. The van der Waals surface area contributed by atoms with Crippen LogP contribution in [-0.4, -0.2) is 28.3 Å². The van der Waals surface area contributed by atoms with Crippen LogP contribution in [0, 0.1) is 5.92 Å². The van der Waals surface area contributed by atoms with Crippen LogP contribution in [0.5, 0.6) is 0 Å². The van der Waals surface area contributed by atoms with Gasteiger partial charge in [0.25, 0.3) is 0 Å². The smallest absolute Gasteiger partial charge is 0.323 e. The van der Waals surface area contributed by atoms with E-state index in [-0.39, 0.29) is 29.8 Å². The summed E-state index contributed by atoms with van der Waals surface area (Å²) in [4.78, 5) is 39.3. The molecule has 19 heavy (non-hydrogen) atoms. The van der Waals surface area contributed by atoms with Gasteiger partial charge in [0.2, 0.25) is 11.8 Å². The van der Waals surface area contributed by atoms with Crippen molar-refractivity contribution in [3.63, 3.8) is 0 Å². The van der Waals surface area contributed by atoms with Gasteiger partial charge in [-0.2, -0.15) is 0 Å². The highest BCUT2D eigenvalue weighted by Crippen LogP contribution is 2.17. The van der Waals surface area contributed by atoms with E-state index in [2.05, 4.69) is 20.6 Å². The second kappa shape index (κ2) is 4.27. The molecule has 3 rings (SSSR count). The zero-order valence-electron chi connectivity index (χ0n) is 9.95. The van der Waals surface area contributed by atoms with Gasteiger partial charge in [-0.3, -0.25) is 9.59 Å². The Balaban J connectivity index is 1.79. The van der Waals surface area contributed by atoms with Gasteiger partial charge in [0.1, 0.15) is 0 Å². The number of anilines is 1. The van der Waals surface area contributed by atoms with Gasteiger partial charge in [0.05, 0.1) is 17.0 Å². The number of fused-ring (bicyclic) bond motifs is 1. The number of carbonyl (C=O) groups excluding carboxylic acids is 2. The third kappa shape index (κ3) is 2.22. The fourth-order valence-corrected chi connectivity index (χ4v) is 2.15. The van der Waals surface area contributed by atoms with Gasteiger partial charge >= 0.3 is 5.69 Å². The summed E-state index contributed by atoms with van der Waals surface area (Å²) in [5, 5.41) is 5.36. The number of rotatable bonds is 2. The maximum absolute atomic E-state index is 11.9. The summed E-state index contributed by atoms with van der Waals surface area (Å²) in [5.41, 5.74) is 1.61. The Hall–Kier alpha value is -2.57. The summed E-state index contributed by atoms with van der Waals surface area (Å²) in [7, 11) is 0. The molecule has 0 aliphatic carbocycles. The molecule has 7 heteroatoms. The molecular formula is C12H12N4O3. The van der Waals surface area contributed by atoms with E-state index >= 15 is 0 Å². The number of benzene rings is 1. The number of aromatic amines is 2. The quantitative estimate of drug-likeness (QED) is 0.607. The molecule has 0 bridgehead atoms. The average Bonchev–Trinajstić information content (AvgIpc) is 2.93. The Morgan fingerprint density at radius 2 is 2.00 bits per heavy atom. The molecule has 0 saturated carbocycles. The molecule has 1 unspecified atom stereocenters. The van der Waals surface area contributed by atoms with Crippen molar-refractivity contribution in [1.29, 1.82) is 0 Å². The molecule has 2 amide bonds. The van der Waals surface area contributed by atoms with Gasteiger partial charge in [-0.05, 0) is 18.2 Å². The number of hydrogen-bond donors (Lipinski definition) is 4. The van der Waals surface area contributed by atoms with Crippen LogP contribution in [0.1, 0.15) is 6.42 Å². The maximum Gasteiger partial charge on any atom is 0.323 e. The molecule has 1 aliphatic rings.